The maximum absolute atomic E-state index is 11.7. The van der Waals surface area contributed by atoms with Crippen molar-refractivity contribution >= 4 is 10.8 Å². The lowest BCUT2D eigenvalue weighted by Gasteiger charge is -2.29. The van der Waals surface area contributed by atoms with Crippen molar-refractivity contribution < 1.29 is 14.3 Å². The molecular formula is C35H26N2O3. The second-order valence-corrected chi connectivity index (χ2v) is 10.7. The Kier molecular flexibility index (Phi) is 5.32. The van der Waals surface area contributed by atoms with Gasteiger partial charge in [0.1, 0.15) is 5.75 Å². The summed E-state index contributed by atoms with van der Waals surface area (Å²) in [7, 11) is 0. The van der Waals surface area contributed by atoms with Crippen LogP contribution in [-0.2, 0) is 30.8 Å². The van der Waals surface area contributed by atoms with Gasteiger partial charge in [0.05, 0.1) is 13.2 Å². The van der Waals surface area contributed by atoms with E-state index in [0.717, 1.165) is 40.7 Å². The molecule has 0 saturated carbocycles. The minimum Gasteiger partial charge on any atom is -0.507 e. The van der Waals surface area contributed by atoms with Gasteiger partial charge < -0.3 is 14.3 Å². The van der Waals surface area contributed by atoms with E-state index < -0.39 is 0 Å². The van der Waals surface area contributed by atoms with E-state index in [1.807, 2.05) is 66.7 Å². The standard InChI is InChI=1S/C35H26N2O3/c38-33-27(26-17-22-13-15-24-19-39-20-25-16-14-23(18-26)31(22)32(24)25)11-6-12-29(33)28-9-4-5-10-30(28)35-37-36-34(40-35)21-7-2-1-3-8-21/h1-16,26,38H,17-20H2. The van der Waals surface area contributed by atoms with Gasteiger partial charge in [0.2, 0.25) is 11.8 Å². The van der Waals surface area contributed by atoms with Gasteiger partial charge in [-0.25, -0.2) is 0 Å². The van der Waals surface area contributed by atoms with Crippen molar-refractivity contribution in [2.24, 2.45) is 0 Å². The van der Waals surface area contributed by atoms with Crippen LogP contribution in [0.5, 0.6) is 5.75 Å². The molecule has 1 aliphatic heterocycles. The first kappa shape index (κ1) is 23.2. The molecule has 0 unspecified atom stereocenters. The van der Waals surface area contributed by atoms with Crippen LogP contribution < -0.4 is 0 Å². The van der Waals surface area contributed by atoms with E-state index in [1.165, 1.54) is 33.0 Å². The zero-order valence-corrected chi connectivity index (χ0v) is 21.8. The third kappa shape index (κ3) is 3.66. The molecule has 0 radical (unpaired) electrons. The van der Waals surface area contributed by atoms with Crippen LogP contribution in [0.25, 0.3) is 44.8 Å². The summed E-state index contributed by atoms with van der Waals surface area (Å²) >= 11 is 0. The molecule has 0 amide bonds. The Morgan fingerprint density at radius 3 is 1.93 bits per heavy atom. The molecule has 5 aromatic carbocycles. The number of nitrogens with zero attached hydrogens (tertiary/aromatic N) is 2. The van der Waals surface area contributed by atoms with Gasteiger partial charge in [0.25, 0.3) is 0 Å². The quantitative estimate of drug-likeness (QED) is 0.255. The van der Waals surface area contributed by atoms with Crippen molar-refractivity contribution in [1.82, 2.24) is 10.2 Å². The summed E-state index contributed by atoms with van der Waals surface area (Å²) in [6.07, 6.45) is 1.77. The molecule has 0 spiro atoms. The third-order valence-corrected chi connectivity index (χ3v) is 8.35. The minimum atomic E-state index is 0.173. The number of phenolic OH excluding ortho intramolecular Hbond substituents is 1. The lowest BCUT2D eigenvalue weighted by molar-refractivity contribution is 0.103. The van der Waals surface area contributed by atoms with E-state index in [1.54, 1.807) is 0 Å². The second kappa shape index (κ2) is 9.18. The number of aromatic nitrogens is 2. The Morgan fingerprint density at radius 2 is 1.18 bits per heavy atom. The summed E-state index contributed by atoms with van der Waals surface area (Å²) in [5, 5.41) is 23.2. The van der Waals surface area contributed by atoms with Crippen molar-refractivity contribution in [3.8, 4) is 39.8 Å². The predicted molar refractivity (Wildman–Crippen MR) is 155 cm³/mol. The SMILES string of the molecule is Oc1c(-c2ccccc2-c2nnc(-c3ccccc3)o2)cccc1C1Cc2ccc3c4c(ccc(c24)C1)COC3. The molecule has 5 nitrogen and oxygen atoms in total. The summed E-state index contributed by atoms with van der Waals surface area (Å²) in [6.45, 7) is 1.34. The van der Waals surface area contributed by atoms with E-state index in [2.05, 4.69) is 40.5 Å². The molecule has 1 aliphatic carbocycles. The summed E-state index contributed by atoms with van der Waals surface area (Å²) in [6, 6.07) is 32.6. The maximum atomic E-state index is 11.7. The Morgan fingerprint density at radius 1 is 0.575 bits per heavy atom. The smallest absolute Gasteiger partial charge is 0.248 e. The number of rotatable bonds is 4. The average molecular weight is 523 g/mol. The van der Waals surface area contributed by atoms with Crippen molar-refractivity contribution in [2.75, 3.05) is 0 Å². The molecule has 0 atom stereocenters. The maximum Gasteiger partial charge on any atom is 0.248 e. The van der Waals surface area contributed by atoms with Crippen LogP contribution in [0.1, 0.15) is 33.7 Å². The van der Waals surface area contributed by atoms with Crippen molar-refractivity contribution in [3.63, 3.8) is 0 Å². The van der Waals surface area contributed by atoms with E-state index >= 15 is 0 Å². The Hall–Kier alpha value is -4.74. The summed E-state index contributed by atoms with van der Waals surface area (Å²) in [5.41, 5.74) is 9.49. The Labute approximate surface area is 231 Å². The highest BCUT2D eigenvalue weighted by atomic mass is 16.5. The van der Waals surface area contributed by atoms with E-state index in [4.69, 9.17) is 9.15 Å². The molecule has 2 heterocycles. The van der Waals surface area contributed by atoms with Gasteiger partial charge in [-0.05, 0) is 81.1 Å². The zero-order chi connectivity index (χ0) is 26.6. The monoisotopic (exact) mass is 522 g/mol. The number of hydrogen-bond donors (Lipinski definition) is 1. The van der Waals surface area contributed by atoms with Crippen LogP contribution in [0.4, 0.5) is 0 Å². The number of para-hydroxylation sites is 1. The molecule has 40 heavy (non-hydrogen) atoms. The predicted octanol–water partition coefficient (Wildman–Crippen LogP) is 7.84. The topological polar surface area (TPSA) is 68.4 Å². The molecule has 1 N–H and O–H groups in total. The molecule has 0 bridgehead atoms. The van der Waals surface area contributed by atoms with Crippen LogP contribution in [0, 0.1) is 0 Å². The van der Waals surface area contributed by atoms with Gasteiger partial charge >= 0.3 is 0 Å². The first-order valence-electron chi connectivity index (χ1n) is 13.7. The number of benzene rings is 5. The van der Waals surface area contributed by atoms with Crippen LogP contribution in [0.3, 0.4) is 0 Å². The van der Waals surface area contributed by atoms with E-state index in [-0.39, 0.29) is 5.92 Å². The van der Waals surface area contributed by atoms with Crippen LogP contribution >= 0.6 is 0 Å². The fourth-order valence-electron chi connectivity index (χ4n) is 6.51. The van der Waals surface area contributed by atoms with Crippen molar-refractivity contribution in [2.45, 2.75) is 32.0 Å². The minimum absolute atomic E-state index is 0.173. The van der Waals surface area contributed by atoms with Crippen LogP contribution in [0.2, 0.25) is 0 Å². The number of hydrogen-bond acceptors (Lipinski definition) is 5. The summed E-state index contributed by atoms with van der Waals surface area (Å²) < 4.78 is 11.9. The van der Waals surface area contributed by atoms with Crippen LogP contribution in [-0.4, -0.2) is 15.3 Å². The highest BCUT2D eigenvalue weighted by Gasteiger charge is 2.28. The van der Waals surface area contributed by atoms with Crippen LogP contribution in [0.15, 0.2) is 101 Å². The van der Waals surface area contributed by atoms with Gasteiger partial charge in [-0.3, -0.25) is 0 Å². The molecule has 2 aliphatic rings. The molecule has 8 rings (SSSR count). The number of phenols is 1. The van der Waals surface area contributed by atoms with Crippen molar-refractivity contribution in [1.29, 1.82) is 0 Å². The Bertz CT molecular complexity index is 1860. The molecule has 194 valence electrons. The lowest BCUT2D eigenvalue weighted by atomic mass is 9.76. The second-order valence-electron chi connectivity index (χ2n) is 10.7. The summed E-state index contributed by atoms with van der Waals surface area (Å²) in [5.74, 6) is 1.38. The van der Waals surface area contributed by atoms with E-state index in [0.29, 0.717) is 30.7 Å². The highest BCUT2D eigenvalue weighted by molar-refractivity contribution is 5.95. The molecule has 6 aromatic rings. The molecular weight excluding hydrogens is 496 g/mol. The van der Waals surface area contributed by atoms with Gasteiger partial charge in [0.15, 0.2) is 0 Å². The van der Waals surface area contributed by atoms with Gasteiger partial charge in [-0.1, -0.05) is 78.9 Å². The van der Waals surface area contributed by atoms with Gasteiger partial charge in [0, 0.05) is 16.7 Å². The number of aromatic hydroxyl groups is 1. The number of ether oxygens (including phenoxy) is 1. The van der Waals surface area contributed by atoms with E-state index in [9.17, 15) is 5.11 Å². The first-order chi connectivity index (χ1) is 19.7. The van der Waals surface area contributed by atoms with Crippen molar-refractivity contribution in [3.05, 3.63) is 125 Å². The van der Waals surface area contributed by atoms with Gasteiger partial charge in [-0.15, -0.1) is 10.2 Å². The van der Waals surface area contributed by atoms with Gasteiger partial charge in [-0.2, -0.15) is 0 Å². The molecule has 0 saturated heterocycles. The average Bonchev–Trinajstić information content (AvgIpc) is 3.51. The molecule has 0 fully saturated rings. The lowest BCUT2D eigenvalue weighted by Crippen LogP contribution is -2.16. The fourth-order valence-corrected chi connectivity index (χ4v) is 6.51. The molecule has 5 heteroatoms. The third-order valence-electron chi connectivity index (χ3n) is 8.35. The Balaban J connectivity index is 1.18. The highest BCUT2D eigenvalue weighted by Crippen LogP contribution is 2.46. The fraction of sp³-hybridized carbons (Fsp3) is 0.143. The normalized spacial score (nSPS) is 14.5. The summed E-state index contributed by atoms with van der Waals surface area (Å²) in [4.78, 5) is 0. The largest absolute Gasteiger partial charge is 0.507 e. The first-order valence-corrected chi connectivity index (χ1v) is 13.7. The zero-order valence-electron chi connectivity index (χ0n) is 21.8. The molecule has 1 aromatic heterocycles.